The fourth-order valence-electron chi connectivity index (χ4n) is 5.76. The molecule has 1 aromatic heterocycles. The van der Waals surface area contributed by atoms with Crippen LogP contribution in [0.25, 0.3) is 0 Å². The maximum absolute atomic E-state index is 12.8. The molecule has 0 radical (unpaired) electrons. The molecular weight excluding hydrogens is 608 g/mol. The molecule has 248 valence electrons. The topological polar surface area (TPSA) is 77.7 Å². The molecular formula is C35H61BrN2O5. The molecule has 7 nitrogen and oxygen atoms in total. The lowest BCUT2D eigenvalue weighted by molar-refractivity contribution is -0.700. The smallest absolute Gasteiger partial charge is 0.412 e. The second kappa shape index (κ2) is 24.6. The van der Waals surface area contributed by atoms with Gasteiger partial charge in [-0.25, -0.2) is 9.59 Å². The van der Waals surface area contributed by atoms with E-state index in [-0.39, 0.29) is 29.1 Å². The Labute approximate surface area is 273 Å². The second-order valence-corrected chi connectivity index (χ2v) is 12.0. The van der Waals surface area contributed by atoms with Gasteiger partial charge >= 0.3 is 12.1 Å². The van der Waals surface area contributed by atoms with Gasteiger partial charge in [-0.15, -0.1) is 0 Å². The van der Waals surface area contributed by atoms with Crippen molar-refractivity contribution >= 4 is 12.1 Å². The molecule has 1 aromatic rings. The molecule has 0 spiro atoms. The monoisotopic (exact) mass is 668 g/mol. The van der Waals surface area contributed by atoms with E-state index in [1.807, 2.05) is 11.5 Å². The Morgan fingerprint density at radius 2 is 1.33 bits per heavy atom. The molecule has 1 atom stereocenters. The Kier molecular flexibility index (Phi) is 22.5. The van der Waals surface area contributed by atoms with Crippen LogP contribution in [0.1, 0.15) is 170 Å². The number of hydrogen-bond acceptors (Lipinski definition) is 5. The highest BCUT2D eigenvalue weighted by atomic mass is 79.9. The van der Waals surface area contributed by atoms with Crippen LogP contribution in [0.15, 0.2) is 6.20 Å². The summed E-state index contributed by atoms with van der Waals surface area (Å²) in [4.78, 5) is 25.5. The van der Waals surface area contributed by atoms with Gasteiger partial charge in [0, 0.05) is 24.9 Å². The number of ether oxygens (including phenoxy) is 3. The first-order chi connectivity index (χ1) is 20.5. The van der Waals surface area contributed by atoms with Crippen LogP contribution in [0.5, 0.6) is 5.75 Å². The maximum Gasteiger partial charge on any atom is 0.412 e. The third kappa shape index (κ3) is 15.3. The van der Waals surface area contributed by atoms with Crippen LogP contribution in [-0.4, -0.2) is 32.3 Å². The number of methoxy groups -OCH3 is 1. The molecule has 1 aliphatic rings. The van der Waals surface area contributed by atoms with E-state index in [0.717, 1.165) is 49.7 Å². The molecule has 43 heavy (non-hydrogen) atoms. The van der Waals surface area contributed by atoms with Gasteiger partial charge in [0.25, 0.3) is 5.69 Å². The first kappa shape index (κ1) is 39.4. The fourth-order valence-corrected chi connectivity index (χ4v) is 5.76. The molecule has 0 saturated carbocycles. The van der Waals surface area contributed by atoms with E-state index in [1.54, 1.807) is 6.20 Å². The molecule has 1 aliphatic heterocycles. The highest BCUT2D eigenvalue weighted by Gasteiger charge is 2.37. The Morgan fingerprint density at radius 3 is 1.79 bits per heavy atom. The van der Waals surface area contributed by atoms with Crippen molar-refractivity contribution < 1.29 is 45.3 Å². The average molecular weight is 670 g/mol. The number of unbranched alkanes of at least 4 members (excludes halogenated alkanes) is 17. The van der Waals surface area contributed by atoms with Crippen molar-refractivity contribution in [2.24, 2.45) is 0 Å². The van der Waals surface area contributed by atoms with E-state index in [0.29, 0.717) is 31.1 Å². The Bertz CT molecular complexity index is 907. The SMILES string of the molecule is CCCCCCCCCCCCCCCCCCNC(=O)Oc1c[n+](CCCCC)c(C(=O)OC)c(C2CCO2)c1C.[Br-]. The van der Waals surface area contributed by atoms with E-state index in [9.17, 15) is 9.59 Å². The highest BCUT2D eigenvalue weighted by Crippen LogP contribution is 2.36. The number of hydrogen-bond donors (Lipinski definition) is 1. The van der Waals surface area contributed by atoms with Crippen molar-refractivity contribution in [3.8, 4) is 5.75 Å². The number of aryl methyl sites for hydroxylation is 1. The lowest BCUT2D eigenvalue weighted by atomic mass is 9.95. The molecule has 1 amide bonds. The maximum atomic E-state index is 12.8. The summed E-state index contributed by atoms with van der Waals surface area (Å²) in [7, 11) is 1.40. The normalized spacial score (nSPS) is 14.1. The first-order valence-electron chi connectivity index (χ1n) is 17.3. The van der Waals surface area contributed by atoms with Crippen molar-refractivity contribution in [1.29, 1.82) is 0 Å². The number of nitrogens with one attached hydrogen (secondary N) is 1. The predicted molar refractivity (Wildman–Crippen MR) is 169 cm³/mol. The fraction of sp³-hybridized carbons (Fsp3) is 0.800. The van der Waals surface area contributed by atoms with Gasteiger partial charge in [0.2, 0.25) is 6.20 Å². The van der Waals surface area contributed by atoms with Crippen LogP contribution < -0.4 is 31.6 Å². The van der Waals surface area contributed by atoms with E-state index in [2.05, 4.69) is 19.2 Å². The van der Waals surface area contributed by atoms with Crippen molar-refractivity contribution in [3.63, 3.8) is 0 Å². The van der Waals surface area contributed by atoms with Crippen molar-refractivity contribution in [2.45, 2.75) is 162 Å². The summed E-state index contributed by atoms with van der Waals surface area (Å²) >= 11 is 0. The van der Waals surface area contributed by atoms with Crippen LogP contribution in [0.2, 0.25) is 0 Å². The zero-order chi connectivity index (χ0) is 30.4. The van der Waals surface area contributed by atoms with Crippen molar-refractivity contribution in [1.82, 2.24) is 5.32 Å². The van der Waals surface area contributed by atoms with Gasteiger partial charge in [0.1, 0.15) is 6.54 Å². The molecule has 0 bridgehead atoms. The summed E-state index contributed by atoms with van der Waals surface area (Å²) < 4.78 is 18.5. The first-order valence-corrected chi connectivity index (χ1v) is 17.3. The van der Waals surface area contributed by atoms with E-state index in [1.165, 1.54) is 97.0 Å². The highest BCUT2D eigenvalue weighted by molar-refractivity contribution is 5.88. The lowest BCUT2D eigenvalue weighted by Crippen LogP contribution is -3.00. The third-order valence-electron chi connectivity index (χ3n) is 8.49. The molecule has 0 aromatic carbocycles. The summed E-state index contributed by atoms with van der Waals surface area (Å²) in [5.41, 5.74) is 2.02. The standard InChI is InChI=1S/C35H60N2O5.BrH/c1-5-7-9-10-11-12-13-14-15-16-17-18-19-20-21-22-25-36-35(39)42-31-28-37(26-23-8-6-2)33(34(38)40-4)32(29(31)3)30-24-27-41-30;/h28,30H,5-27H2,1-4H3;1H. The summed E-state index contributed by atoms with van der Waals surface area (Å²) in [6, 6.07) is 0. The van der Waals surface area contributed by atoms with Crippen molar-refractivity contribution in [2.75, 3.05) is 20.3 Å². The van der Waals surface area contributed by atoms with Gasteiger partial charge in [-0.1, -0.05) is 117 Å². The Balaban J connectivity index is 0.00000924. The van der Waals surface area contributed by atoms with Gasteiger partial charge in [-0.3, -0.25) is 0 Å². The second-order valence-electron chi connectivity index (χ2n) is 12.0. The largest absolute Gasteiger partial charge is 1.00 e. The summed E-state index contributed by atoms with van der Waals surface area (Å²) in [6.07, 6.45) is 26.2. The summed E-state index contributed by atoms with van der Waals surface area (Å²) in [6.45, 7) is 8.22. The van der Waals surface area contributed by atoms with Gasteiger partial charge in [-0.2, -0.15) is 4.57 Å². The van der Waals surface area contributed by atoms with Crippen molar-refractivity contribution in [3.05, 3.63) is 23.0 Å². The number of pyridine rings is 1. The average Bonchev–Trinajstić information content (AvgIpc) is 2.95. The zero-order valence-corrected chi connectivity index (χ0v) is 29.4. The molecule has 0 aliphatic carbocycles. The molecule has 1 N–H and O–H groups in total. The number of amides is 1. The Morgan fingerprint density at radius 1 is 0.837 bits per heavy atom. The molecule has 2 rings (SSSR count). The number of carbonyl (C=O) groups is 2. The zero-order valence-electron chi connectivity index (χ0n) is 27.8. The number of rotatable bonds is 24. The number of esters is 1. The van der Waals surface area contributed by atoms with Gasteiger partial charge < -0.3 is 36.5 Å². The molecule has 1 unspecified atom stereocenters. The van der Waals surface area contributed by atoms with E-state index in [4.69, 9.17) is 14.2 Å². The van der Waals surface area contributed by atoms with Crippen LogP contribution >= 0.6 is 0 Å². The van der Waals surface area contributed by atoms with Crippen LogP contribution in [0.3, 0.4) is 0 Å². The minimum atomic E-state index is -0.453. The molecule has 8 heteroatoms. The number of nitrogens with zero attached hydrogens (tertiary/aromatic N) is 1. The summed E-state index contributed by atoms with van der Waals surface area (Å²) in [5, 5.41) is 2.91. The number of aromatic nitrogens is 1. The van der Waals surface area contributed by atoms with Gasteiger partial charge in [0.05, 0.1) is 25.4 Å². The minimum Gasteiger partial charge on any atom is -1.00 e. The van der Waals surface area contributed by atoms with Gasteiger partial charge in [-0.05, 0) is 19.8 Å². The van der Waals surface area contributed by atoms with Crippen LogP contribution in [-0.2, 0) is 16.0 Å². The number of halogens is 1. The third-order valence-corrected chi connectivity index (χ3v) is 8.49. The molecule has 2 heterocycles. The summed E-state index contributed by atoms with van der Waals surface area (Å²) in [5.74, 6) is 0.0775. The van der Waals surface area contributed by atoms with Crippen LogP contribution in [0.4, 0.5) is 4.79 Å². The Hall–Kier alpha value is -1.67. The lowest BCUT2D eigenvalue weighted by Gasteiger charge is -2.28. The predicted octanol–water partition coefficient (Wildman–Crippen LogP) is 6.07. The van der Waals surface area contributed by atoms with Gasteiger partial charge in [0.15, 0.2) is 5.75 Å². The van der Waals surface area contributed by atoms with E-state index >= 15 is 0 Å². The molecule has 1 saturated heterocycles. The number of carbonyl (C=O) groups excluding carboxylic acids is 2. The quantitative estimate of drug-likeness (QED) is 0.0822. The molecule has 1 fully saturated rings. The van der Waals surface area contributed by atoms with E-state index < -0.39 is 6.09 Å². The minimum absolute atomic E-state index is 0. The van der Waals surface area contributed by atoms with Crippen LogP contribution in [0, 0.1) is 6.92 Å².